The summed E-state index contributed by atoms with van der Waals surface area (Å²) in [4.78, 5) is 3.07. The Morgan fingerprint density at radius 1 is 0.857 bits per heavy atom. The summed E-state index contributed by atoms with van der Waals surface area (Å²) in [5.41, 5.74) is -0.541. The van der Waals surface area contributed by atoms with Crippen LogP contribution in [0.25, 0.3) is 0 Å². The average molecular weight is 759 g/mol. The predicted octanol–water partition coefficient (Wildman–Crippen LogP) is 3.79. The molecule has 0 fully saturated rings. The summed E-state index contributed by atoms with van der Waals surface area (Å²) in [6.07, 6.45) is 0. The molecule has 3 aromatic rings. The molecule has 2 aromatic carbocycles. The molecule has 0 bridgehead atoms. The molecule has 20 nitrogen and oxygen atoms in total. The highest BCUT2D eigenvalue weighted by Gasteiger charge is 2.20. The number of pyridine rings is 1. The van der Waals surface area contributed by atoms with Crippen LogP contribution in [0.4, 0.5) is 34.4 Å². The Balaban J connectivity index is 2.03. The van der Waals surface area contributed by atoms with Gasteiger partial charge in [0.05, 0.1) is 34.2 Å². The summed E-state index contributed by atoms with van der Waals surface area (Å²) in [6.45, 7) is 3.53. The van der Waals surface area contributed by atoms with Gasteiger partial charge in [-0.25, -0.2) is 17.6 Å². The number of sulfone groups is 1. The number of nitrogens with zero attached hydrogens (tertiary/aromatic N) is 6. The van der Waals surface area contributed by atoms with Crippen LogP contribution in [-0.4, -0.2) is 77.8 Å². The fraction of sp³-hybridized carbons (Fsp3) is 0.200. The van der Waals surface area contributed by atoms with E-state index in [9.17, 15) is 43.5 Å². The Bertz CT molecular complexity index is 2290. The molecule has 0 aliphatic carbocycles. The highest BCUT2D eigenvalue weighted by atomic mass is 32.3. The van der Waals surface area contributed by atoms with E-state index in [1.54, 1.807) is 0 Å². The van der Waals surface area contributed by atoms with Crippen LogP contribution >= 0.6 is 0 Å². The highest BCUT2D eigenvalue weighted by Crippen LogP contribution is 2.36. The molecular formula is C25H26N8O12S4. The van der Waals surface area contributed by atoms with E-state index >= 15 is 0 Å². The molecule has 5 N–H and O–H groups in total. The standard InChI is InChI=1S/C25H26N8O12S4/c1-3-46(34,35)13-11-28-24-20(15-26)16(2)23(25(29-24)27-10-12-45-49(42,43)44)33-32-21-9-6-18(14-22(21)48(39,40)41)31-30-17-4-7-19(8-5-17)47(36,37)38/h3-9,14H,1,10-13H2,2H3,(H2,27,28,29)(H,36,37,38)(H,39,40,41)(H,42,43,44). The van der Waals surface area contributed by atoms with E-state index in [0.717, 1.165) is 29.7 Å². The van der Waals surface area contributed by atoms with Gasteiger partial charge in [0.2, 0.25) is 0 Å². The second-order valence-electron chi connectivity index (χ2n) is 9.40. The summed E-state index contributed by atoms with van der Waals surface area (Å²) in [6, 6.07) is 9.72. The molecular weight excluding hydrogens is 733 g/mol. The molecule has 0 unspecified atom stereocenters. The van der Waals surface area contributed by atoms with E-state index in [2.05, 4.69) is 46.8 Å². The molecule has 24 heteroatoms. The van der Waals surface area contributed by atoms with Gasteiger partial charge in [0.25, 0.3) is 20.2 Å². The molecule has 1 heterocycles. The van der Waals surface area contributed by atoms with E-state index in [0.29, 0.717) is 0 Å². The lowest BCUT2D eigenvalue weighted by molar-refractivity contribution is 0.278. The fourth-order valence-corrected chi connectivity index (χ4v) is 5.64. The fourth-order valence-electron chi connectivity index (χ4n) is 3.67. The molecule has 0 aliphatic rings. The number of hydrogen-bond donors (Lipinski definition) is 5. The van der Waals surface area contributed by atoms with Gasteiger partial charge in [0, 0.05) is 24.1 Å². The lowest BCUT2D eigenvalue weighted by Crippen LogP contribution is -2.17. The van der Waals surface area contributed by atoms with Crippen molar-refractivity contribution in [1.29, 1.82) is 5.26 Å². The second-order valence-corrected chi connectivity index (χ2v) is 15.4. The lowest BCUT2D eigenvalue weighted by Gasteiger charge is -2.15. The van der Waals surface area contributed by atoms with E-state index in [-0.39, 0.29) is 52.9 Å². The van der Waals surface area contributed by atoms with Crippen LogP contribution in [0.1, 0.15) is 11.1 Å². The van der Waals surface area contributed by atoms with Crippen molar-refractivity contribution in [3.8, 4) is 6.07 Å². The van der Waals surface area contributed by atoms with Gasteiger partial charge in [-0.05, 0) is 49.4 Å². The maximum Gasteiger partial charge on any atom is 0.397 e. The smallest absolute Gasteiger partial charge is 0.368 e. The number of nitrogens with one attached hydrogen (secondary N) is 2. The Morgan fingerprint density at radius 3 is 2.04 bits per heavy atom. The Morgan fingerprint density at radius 2 is 1.47 bits per heavy atom. The summed E-state index contributed by atoms with van der Waals surface area (Å²) in [5, 5.41) is 31.6. The quantitative estimate of drug-likeness (QED) is 0.0788. The van der Waals surface area contributed by atoms with E-state index < -0.39 is 68.3 Å². The topological polar surface area (TPSA) is 317 Å². The summed E-state index contributed by atoms with van der Waals surface area (Å²) in [7, 11) is -17.8. The van der Waals surface area contributed by atoms with Crippen LogP contribution in [0.5, 0.6) is 0 Å². The van der Waals surface area contributed by atoms with Crippen LogP contribution in [0.15, 0.2) is 84.7 Å². The van der Waals surface area contributed by atoms with Gasteiger partial charge < -0.3 is 10.6 Å². The third-order valence-electron chi connectivity index (χ3n) is 5.98. The largest absolute Gasteiger partial charge is 0.397 e. The van der Waals surface area contributed by atoms with Crippen molar-refractivity contribution in [2.75, 3.05) is 36.1 Å². The molecule has 49 heavy (non-hydrogen) atoms. The van der Waals surface area contributed by atoms with Crippen molar-refractivity contribution in [1.82, 2.24) is 4.98 Å². The van der Waals surface area contributed by atoms with Gasteiger partial charge in [-0.1, -0.05) is 6.58 Å². The monoisotopic (exact) mass is 758 g/mol. The van der Waals surface area contributed by atoms with Crippen LogP contribution in [0, 0.1) is 18.3 Å². The molecule has 0 amide bonds. The van der Waals surface area contributed by atoms with Crippen molar-refractivity contribution in [2.45, 2.75) is 16.7 Å². The third-order valence-corrected chi connectivity index (χ3v) is 9.48. The van der Waals surface area contributed by atoms with Gasteiger partial charge in [0.1, 0.15) is 28.2 Å². The van der Waals surface area contributed by atoms with E-state index in [1.165, 1.54) is 25.1 Å². The minimum atomic E-state index is -4.96. The van der Waals surface area contributed by atoms with Gasteiger partial charge in [-0.2, -0.15) is 40.7 Å². The first kappa shape index (κ1) is 38.7. The maximum atomic E-state index is 12.2. The van der Waals surface area contributed by atoms with Crippen LogP contribution in [-0.2, 0) is 44.7 Å². The lowest BCUT2D eigenvalue weighted by atomic mass is 10.1. The van der Waals surface area contributed by atoms with Gasteiger partial charge >= 0.3 is 10.4 Å². The van der Waals surface area contributed by atoms with Gasteiger partial charge in [0.15, 0.2) is 15.7 Å². The predicted molar refractivity (Wildman–Crippen MR) is 173 cm³/mol. The van der Waals surface area contributed by atoms with Crippen LogP contribution < -0.4 is 10.6 Å². The minimum Gasteiger partial charge on any atom is -0.368 e. The second kappa shape index (κ2) is 15.7. The zero-order valence-corrected chi connectivity index (χ0v) is 28.3. The first-order valence-corrected chi connectivity index (χ1v) is 19.1. The minimum absolute atomic E-state index is 0.0925. The maximum absolute atomic E-state index is 12.2. The van der Waals surface area contributed by atoms with Crippen molar-refractivity contribution >= 4 is 74.9 Å². The number of aromatic nitrogens is 1. The number of nitriles is 1. The first-order valence-electron chi connectivity index (χ1n) is 13.2. The molecule has 0 saturated heterocycles. The van der Waals surface area contributed by atoms with Crippen molar-refractivity contribution in [2.24, 2.45) is 20.5 Å². The molecule has 0 aliphatic heterocycles. The van der Waals surface area contributed by atoms with Crippen molar-refractivity contribution in [3.05, 3.63) is 65.6 Å². The SMILES string of the molecule is C=CS(=O)(=O)CCNc1nc(NCCOS(=O)(=O)O)c(N=Nc2ccc(N=Nc3ccc(S(=O)(=O)O)cc3)cc2S(=O)(=O)O)c(C)c1C#N. The van der Waals surface area contributed by atoms with Crippen LogP contribution in [0.2, 0.25) is 0 Å². The summed E-state index contributed by atoms with van der Waals surface area (Å²) in [5.74, 6) is -0.660. The molecule has 1 aromatic heterocycles. The molecule has 262 valence electrons. The first-order chi connectivity index (χ1) is 22.7. The van der Waals surface area contributed by atoms with E-state index in [4.69, 9.17) is 9.11 Å². The molecule has 0 spiro atoms. The number of azo groups is 2. The number of benzene rings is 2. The van der Waals surface area contributed by atoms with Gasteiger partial charge in [-0.15, -0.1) is 10.2 Å². The summed E-state index contributed by atoms with van der Waals surface area (Å²) >= 11 is 0. The highest BCUT2D eigenvalue weighted by molar-refractivity contribution is 7.94. The number of anilines is 2. The normalized spacial score (nSPS) is 12.6. The number of hydrogen-bond acceptors (Lipinski definition) is 17. The third kappa shape index (κ3) is 11.4. The van der Waals surface area contributed by atoms with Crippen LogP contribution in [0.3, 0.4) is 0 Å². The molecule has 0 saturated carbocycles. The Labute approximate surface area is 280 Å². The molecule has 0 radical (unpaired) electrons. The molecule has 0 atom stereocenters. The van der Waals surface area contributed by atoms with Gasteiger partial charge in [-0.3, -0.25) is 13.7 Å². The van der Waals surface area contributed by atoms with Crippen molar-refractivity contribution < 1.29 is 51.5 Å². The van der Waals surface area contributed by atoms with E-state index in [1.807, 2.05) is 6.07 Å². The zero-order valence-electron chi connectivity index (χ0n) is 25.0. The Kier molecular flexibility index (Phi) is 12.4. The van der Waals surface area contributed by atoms with Crippen molar-refractivity contribution in [3.63, 3.8) is 0 Å². The number of rotatable bonds is 16. The zero-order chi connectivity index (χ0) is 36.6. The average Bonchev–Trinajstić information content (AvgIpc) is 3.01. The molecule has 3 rings (SSSR count). The summed E-state index contributed by atoms with van der Waals surface area (Å²) < 4.78 is 124. The Hall–Kier alpha value is -4.74.